The van der Waals surface area contributed by atoms with Crippen molar-refractivity contribution in [3.8, 4) is 0 Å². The minimum absolute atomic E-state index is 0.406. The SMILES string of the molecule is CCC(C)C(S)C(C)S. The van der Waals surface area contributed by atoms with E-state index in [1.807, 2.05) is 0 Å². The van der Waals surface area contributed by atoms with Gasteiger partial charge in [0.1, 0.15) is 0 Å². The summed E-state index contributed by atoms with van der Waals surface area (Å²) in [6, 6.07) is 0. The van der Waals surface area contributed by atoms with Crippen LogP contribution >= 0.6 is 25.3 Å². The molecule has 0 saturated carbocycles. The van der Waals surface area contributed by atoms with Crippen molar-refractivity contribution in [1.29, 1.82) is 0 Å². The van der Waals surface area contributed by atoms with Gasteiger partial charge in [-0.2, -0.15) is 25.3 Å². The highest BCUT2D eigenvalue weighted by molar-refractivity contribution is 7.85. The Labute approximate surface area is 69.2 Å². The van der Waals surface area contributed by atoms with Crippen LogP contribution in [-0.4, -0.2) is 10.5 Å². The van der Waals surface area contributed by atoms with Crippen molar-refractivity contribution in [3.05, 3.63) is 0 Å². The molecule has 2 heteroatoms. The van der Waals surface area contributed by atoms with Gasteiger partial charge in [-0.15, -0.1) is 0 Å². The molecule has 9 heavy (non-hydrogen) atoms. The maximum atomic E-state index is 4.42. The van der Waals surface area contributed by atoms with Gasteiger partial charge in [-0.1, -0.05) is 27.2 Å². The highest BCUT2D eigenvalue weighted by atomic mass is 32.1. The standard InChI is InChI=1S/C7H16S2/c1-4-5(2)7(9)6(3)8/h5-9H,4H2,1-3H3. The first-order valence-electron chi connectivity index (χ1n) is 3.45. The topological polar surface area (TPSA) is 0 Å². The number of hydrogen-bond donors (Lipinski definition) is 2. The summed E-state index contributed by atoms with van der Waals surface area (Å²) in [5.41, 5.74) is 0. The summed E-state index contributed by atoms with van der Waals surface area (Å²) in [6.45, 7) is 6.49. The van der Waals surface area contributed by atoms with Gasteiger partial charge in [-0.25, -0.2) is 0 Å². The smallest absolute Gasteiger partial charge is 0.0156 e. The van der Waals surface area contributed by atoms with Crippen LogP contribution in [0, 0.1) is 5.92 Å². The van der Waals surface area contributed by atoms with Crippen LogP contribution in [0.15, 0.2) is 0 Å². The molecule has 3 unspecified atom stereocenters. The third-order valence-corrected chi connectivity index (χ3v) is 3.23. The van der Waals surface area contributed by atoms with E-state index in [2.05, 4.69) is 46.0 Å². The lowest BCUT2D eigenvalue weighted by molar-refractivity contribution is 0.534. The molecule has 0 bridgehead atoms. The van der Waals surface area contributed by atoms with E-state index < -0.39 is 0 Å². The molecule has 0 aliphatic carbocycles. The van der Waals surface area contributed by atoms with Crippen molar-refractivity contribution in [1.82, 2.24) is 0 Å². The van der Waals surface area contributed by atoms with Gasteiger partial charge >= 0.3 is 0 Å². The molecule has 0 spiro atoms. The van der Waals surface area contributed by atoms with E-state index in [1.165, 1.54) is 6.42 Å². The first kappa shape index (κ1) is 9.70. The van der Waals surface area contributed by atoms with Crippen molar-refractivity contribution in [2.75, 3.05) is 0 Å². The van der Waals surface area contributed by atoms with Crippen LogP contribution in [0.2, 0.25) is 0 Å². The van der Waals surface area contributed by atoms with Gasteiger partial charge in [0.05, 0.1) is 0 Å². The fourth-order valence-corrected chi connectivity index (χ4v) is 1.22. The van der Waals surface area contributed by atoms with E-state index in [4.69, 9.17) is 0 Å². The molecule has 0 N–H and O–H groups in total. The van der Waals surface area contributed by atoms with E-state index in [0.717, 1.165) is 0 Å². The Balaban J connectivity index is 3.58. The maximum absolute atomic E-state index is 4.42. The lowest BCUT2D eigenvalue weighted by Crippen LogP contribution is -2.19. The predicted octanol–water partition coefficient (Wildman–Crippen LogP) is 2.65. The largest absolute Gasteiger partial charge is 0.175 e. The molecular formula is C7H16S2. The van der Waals surface area contributed by atoms with Crippen LogP contribution in [0.1, 0.15) is 27.2 Å². The monoisotopic (exact) mass is 164 g/mol. The second kappa shape index (κ2) is 4.51. The second-order valence-electron chi connectivity index (χ2n) is 2.62. The summed E-state index contributed by atoms with van der Waals surface area (Å²) >= 11 is 8.73. The highest BCUT2D eigenvalue weighted by Gasteiger charge is 2.14. The summed E-state index contributed by atoms with van der Waals surface area (Å²) in [5.74, 6) is 0.681. The third kappa shape index (κ3) is 3.41. The molecule has 0 aromatic heterocycles. The molecular weight excluding hydrogens is 148 g/mol. The average molecular weight is 164 g/mol. The fraction of sp³-hybridized carbons (Fsp3) is 1.00. The Kier molecular flexibility index (Phi) is 4.86. The Morgan fingerprint density at radius 1 is 1.22 bits per heavy atom. The molecule has 3 atom stereocenters. The van der Waals surface area contributed by atoms with Crippen LogP contribution in [0.5, 0.6) is 0 Å². The Bertz CT molecular complexity index is 71.3. The molecule has 0 radical (unpaired) electrons. The number of hydrogen-bond acceptors (Lipinski definition) is 2. The Morgan fingerprint density at radius 2 is 1.67 bits per heavy atom. The zero-order chi connectivity index (χ0) is 7.44. The summed E-state index contributed by atoms with van der Waals surface area (Å²) in [6.07, 6.45) is 1.19. The maximum Gasteiger partial charge on any atom is 0.0156 e. The molecule has 0 rings (SSSR count). The van der Waals surface area contributed by atoms with E-state index in [-0.39, 0.29) is 0 Å². The zero-order valence-corrected chi connectivity index (χ0v) is 8.12. The summed E-state index contributed by atoms with van der Waals surface area (Å²) < 4.78 is 0. The molecule has 0 saturated heterocycles. The molecule has 0 aromatic carbocycles. The van der Waals surface area contributed by atoms with Crippen molar-refractivity contribution in [2.45, 2.75) is 37.7 Å². The van der Waals surface area contributed by atoms with E-state index in [9.17, 15) is 0 Å². The predicted molar refractivity (Wildman–Crippen MR) is 50.7 cm³/mol. The number of rotatable bonds is 3. The minimum atomic E-state index is 0.406. The minimum Gasteiger partial charge on any atom is -0.175 e. The molecule has 0 aliphatic heterocycles. The van der Waals surface area contributed by atoms with Gasteiger partial charge < -0.3 is 0 Å². The summed E-state index contributed by atoms with van der Waals surface area (Å²) in [7, 11) is 0. The van der Waals surface area contributed by atoms with E-state index >= 15 is 0 Å². The van der Waals surface area contributed by atoms with Crippen molar-refractivity contribution < 1.29 is 0 Å². The molecule has 0 nitrogen and oxygen atoms in total. The van der Waals surface area contributed by atoms with Gasteiger partial charge in [0.15, 0.2) is 0 Å². The molecule has 0 amide bonds. The molecule has 56 valence electrons. The first-order valence-corrected chi connectivity index (χ1v) is 4.49. The Morgan fingerprint density at radius 3 is 1.78 bits per heavy atom. The molecule has 0 aromatic rings. The van der Waals surface area contributed by atoms with Crippen molar-refractivity contribution in [3.63, 3.8) is 0 Å². The van der Waals surface area contributed by atoms with Gasteiger partial charge in [0.25, 0.3) is 0 Å². The van der Waals surface area contributed by atoms with Crippen LogP contribution < -0.4 is 0 Å². The highest BCUT2D eigenvalue weighted by Crippen LogP contribution is 2.19. The van der Waals surface area contributed by atoms with Crippen molar-refractivity contribution in [2.24, 2.45) is 5.92 Å². The van der Waals surface area contributed by atoms with Crippen LogP contribution in [0.4, 0.5) is 0 Å². The van der Waals surface area contributed by atoms with Crippen LogP contribution in [-0.2, 0) is 0 Å². The quantitative estimate of drug-likeness (QED) is 0.589. The van der Waals surface area contributed by atoms with Gasteiger partial charge in [0.2, 0.25) is 0 Å². The van der Waals surface area contributed by atoms with E-state index in [0.29, 0.717) is 16.4 Å². The first-order chi connectivity index (χ1) is 4.09. The van der Waals surface area contributed by atoms with Crippen LogP contribution in [0.3, 0.4) is 0 Å². The van der Waals surface area contributed by atoms with Crippen molar-refractivity contribution >= 4 is 25.3 Å². The second-order valence-corrected chi connectivity index (χ2v) is 4.03. The fourth-order valence-electron chi connectivity index (χ4n) is 0.717. The molecule has 0 heterocycles. The van der Waals surface area contributed by atoms with Crippen LogP contribution in [0.25, 0.3) is 0 Å². The van der Waals surface area contributed by atoms with E-state index in [1.54, 1.807) is 0 Å². The van der Waals surface area contributed by atoms with Gasteiger partial charge in [0, 0.05) is 10.5 Å². The number of thiol groups is 2. The normalized spacial score (nSPS) is 21.0. The molecule has 0 fully saturated rings. The zero-order valence-electron chi connectivity index (χ0n) is 6.33. The van der Waals surface area contributed by atoms with Gasteiger partial charge in [-0.05, 0) is 5.92 Å². The Hall–Kier alpha value is 0.700. The lowest BCUT2D eigenvalue weighted by Gasteiger charge is -2.19. The third-order valence-electron chi connectivity index (χ3n) is 1.72. The molecule has 0 aliphatic rings. The van der Waals surface area contributed by atoms with Gasteiger partial charge in [-0.3, -0.25) is 0 Å². The summed E-state index contributed by atoms with van der Waals surface area (Å²) in [4.78, 5) is 0. The lowest BCUT2D eigenvalue weighted by atomic mass is 10.0. The average Bonchev–Trinajstić information content (AvgIpc) is 1.84. The summed E-state index contributed by atoms with van der Waals surface area (Å²) in [5, 5.41) is 0.849.